The van der Waals surface area contributed by atoms with Gasteiger partial charge in [0.1, 0.15) is 12.4 Å². The maximum Gasteiger partial charge on any atom is 0.130 e. The fourth-order valence-electron chi connectivity index (χ4n) is 2.95. The normalized spacial score (nSPS) is 10.8. The zero-order chi connectivity index (χ0) is 17.8. The van der Waals surface area contributed by atoms with Crippen LogP contribution in [0.3, 0.4) is 0 Å². The molecule has 0 aliphatic carbocycles. The summed E-state index contributed by atoms with van der Waals surface area (Å²) in [6, 6.07) is 28.3. The molecule has 3 aromatic carbocycles. The van der Waals surface area contributed by atoms with E-state index in [-0.39, 0.29) is 0 Å². The summed E-state index contributed by atoms with van der Waals surface area (Å²) >= 11 is 5.97. The third-order valence-electron chi connectivity index (χ3n) is 4.31. The lowest BCUT2D eigenvalue weighted by Crippen LogP contribution is -2.01. The van der Waals surface area contributed by atoms with E-state index in [9.17, 15) is 0 Å². The molecule has 0 radical (unpaired) electrons. The first-order valence-corrected chi connectivity index (χ1v) is 8.95. The molecule has 1 heterocycles. The third-order valence-corrected chi connectivity index (χ3v) is 4.56. The number of para-hydroxylation sites is 2. The van der Waals surface area contributed by atoms with Gasteiger partial charge in [0.05, 0.1) is 11.2 Å². The second kappa shape index (κ2) is 7.59. The number of hydrogen-bond acceptors (Lipinski definition) is 2. The number of halogens is 1. The monoisotopic (exact) mass is 359 g/mol. The zero-order valence-corrected chi connectivity index (χ0v) is 15.0. The van der Waals surface area contributed by atoms with E-state index in [4.69, 9.17) is 16.3 Å². The van der Waals surface area contributed by atoms with E-state index in [0.29, 0.717) is 6.61 Å². The van der Waals surface area contributed by atoms with Crippen LogP contribution < -0.4 is 4.74 Å². The minimum Gasteiger partial charge on any atom is -0.487 e. The predicted molar refractivity (Wildman–Crippen MR) is 107 cm³/mol. The SMILES string of the molecule is Clc1ccc(Cc2ccccc2OCc2ccc3ccccc3n2)cc1. The maximum absolute atomic E-state index is 6.08. The quantitative estimate of drug-likeness (QED) is 0.432. The lowest BCUT2D eigenvalue weighted by molar-refractivity contribution is 0.299. The van der Waals surface area contributed by atoms with Crippen LogP contribution in [0.2, 0.25) is 5.02 Å². The molecule has 4 rings (SSSR count). The van der Waals surface area contributed by atoms with Crippen molar-refractivity contribution in [2.24, 2.45) is 0 Å². The Morgan fingerprint density at radius 1 is 0.769 bits per heavy atom. The standard InChI is InChI=1S/C23H18ClNO/c24-20-12-9-17(10-13-20)15-19-6-2-4-8-23(19)26-16-21-14-11-18-5-1-3-7-22(18)25-21/h1-14H,15-16H2. The number of pyridine rings is 1. The van der Waals surface area contributed by atoms with Gasteiger partial charge in [0.15, 0.2) is 0 Å². The van der Waals surface area contributed by atoms with Crippen molar-refractivity contribution < 1.29 is 4.74 Å². The molecule has 0 amide bonds. The number of fused-ring (bicyclic) bond motifs is 1. The Labute approximate surface area is 158 Å². The van der Waals surface area contributed by atoms with E-state index >= 15 is 0 Å². The van der Waals surface area contributed by atoms with Crippen molar-refractivity contribution in [1.82, 2.24) is 4.98 Å². The van der Waals surface area contributed by atoms with Crippen molar-refractivity contribution in [3.05, 3.63) is 107 Å². The van der Waals surface area contributed by atoms with E-state index in [1.807, 2.05) is 66.7 Å². The number of rotatable bonds is 5. The second-order valence-electron chi connectivity index (χ2n) is 6.19. The van der Waals surface area contributed by atoms with Crippen LogP contribution in [0.15, 0.2) is 84.9 Å². The molecule has 0 fully saturated rings. The Morgan fingerprint density at radius 3 is 2.42 bits per heavy atom. The highest BCUT2D eigenvalue weighted by Crippen LogP contribution is 2.23. The first-order valence-electron chi connectivity index (χ1n) is 8.58. The van der Waals surface area contributed by atoms with Crippen LogP contribution in [0.4, 0.5) is 0 Å². The minimum atomic E-state index is 0.447. The van der Waals surface area contributed by atoms with Crippen molar-refractivity contribution in [2.45, 2.75) is 13.0 Å². The molecule has 1 aromatic heterocycles. The van der Waals surface area contributed by atoms with Gasteiger partial charge in [-0.3, -0.25) is 0 Å². The molecule has 0 saturated carbocycles. The molecule has 128 valence electrons. The highest BCUT2D eigenvalue weighted by atomic mass is 35.5. The van der Waals surface area contributed by atoms with Crippen molar-refractivity contribution in [1.29, 1.82) is 0 Å². The lowest BCUT2D eigenvalue weighted by Gasteiger charge is -2.12. The fraction of sp³-hybridized carbons (Fsp3) is 0.0870. The largest absolute Gasteiger partial charge is 0.487 e. The Balaban J connectivity index is 1.51. The number of aromatic nitrogens is 1. The van der Waals surface area contributed by atoms with Crippen molar-refractivity contribution >= 4 is 22.5 Å². The van der Waals surface area contributed by atoms with Crippen LogP contribution >= 0.6 is 11.6 Å². The Kier molecular flexibility index (Phi) is 4.85. The molecular formula is C23H18ClNO. The van der Waals surface area contributed by atoms with Crippen molar-refractivity contribution in [3.63, 3.8) is 0 Å². The fourth-order valence-corrected chi connectivity index (χ4v) is 3.08. The van der Waals surface area contributed by atoms with Crippen LogP contribution in [0, 0.1) is 0 Å². The molecule has 0 atom stereocenters. The number of benzene rings is 3. The highest BCUT2D eigenvalue weighted by molar-refractivity contribution is 6.30. The summed E-state index contributed by atoms with van der Waals surface area (Å²) in [5.74, 6) is 0.886. The van der Waals surface area contributed by atoms with Gasteiger partial charge in [0.25, 0.3) is 0 Å². The Morgan fingerprint density at radius 2 is 1.54 bits per heavy atom. The summed E-state index contributed by atoms with van der Waals surface area (Å²) < 4.78 is 6.08. The van der Waals surface area contributed by atoms with Gasteiger partial charge in [-0.05, 0) is 41.5 Å². The van der Waals surface area contributed by atoms with E-state index in [2.05, 4.69) is 23.2 Å². The molecule has 0 N–H and O–H groups in total. The van der Waals surface area contributed by atoms with Gasteiger partial charge < -0.3 is 4.74 Å². The first-order chi connectivity index (χ1) is 12.8. The molecule has 0 unspecified atom stereocenters. The van der Waals surface area contributed by atoms with Crippen LogP contribution in [0.5, 0.6) is 5.75 Å². The number of ether oxygens (including phenoxy) is 1. The van der Waals surface area contributed by atoms with Crippen LogP contribution in [0.1, 0.15) is 16.8 Å². The van der Waals surface area contributed by atoms with Crippen LogP contribution in [-0.2, 0) is 13.0 Å². The summed E-state index contributed by atoms with van der Waals surface area (Å²) in [5, 5.41) is 1.89. The van der Waals surface area contributed by atoms with Gasteiger partial charge in [-0.15, -0.1) is 0 Å². The van der Waals surface area contributed by atoms with Crippen LogP contribution in [-0.4, -0.2) is 4.98 Å². The topological polar surface area (TPSA) is 22.1 Å². The molecule has 3 heteroatoms. The van der Waals surface area contributed by atoms with Crippen LogP contribution in [0.25, 0.3) is 10.9 Å². The number of nitrogens with zero attached hydrogens (tertiary/aromatic N) is 1. The van der Waals surface area contributed by atoms with Gasteiger partial charge in [-0.2, -0.15) is 0 Å². The molecule has 0 aliphatic heterocycles. The molecule has 0 spiro atoms. The van der Waals surface area contributed by atoms with E-state index in [0.717, 1.165) is 39.4 Å². The Hall–Kier alpha value is -2.84. The minimum absolute atomic E-state index is 0.447. The van der Waals surface area contributed by atoms with Crippen molar-refractivity contribution in [3.8, 4) is 5.75 Å². The van der Waals surface area contributed by atoms with Gasteiger partial charge in [0.2, 0.25) is 0 Å². The number of hydrogen-bond donors (Lipinski definition) is 0. The summed E-state index contributed by atoms with van der Waals surface area (Å²) in [6.07, 6.45) is 0.804. The van der Waals surface area contributed by atoms with Crippen molar-refractivity contribution in [2.75, 3.05) is 0 Å². The van der Waals surface area contributed by atoms with E-state index in [1.54, 1.807) is 0 Å². The van der Waals surface area contributed by atoms with Gasteiger partial charge in [0, 0.05) is 16.8 Å². The summed E-state index contributed by atoms with van der Waals surface area (Å²) in [7, 11) is 0. The average Bonchev–Trinajstić information content (AvgIpc) is 2.69. The third kappa shape index (κ3) is 3.87. The van der Waals surface area contributed by atoms with Gasteiger partial charge in [-0.25, -0.2) is 4.98 Å². The van der Waals surface area contributed by atoms with Gasteiger partial charge in [-0.1, -0.05) is 66.2 Å². The van der Waals surface area contributed by atoms with E-state index < -0.39 is 0 Å². The average molecular weight is 360 g/mol. The second-order valence-corrected chi connectivity index (χ2v) is 6.63. The lowest BCUT2D eigenvalue weighted by atomic mass is 10.0. The predicted octanol–water partition coefficient (Wildman–Crippen LogP) is 6.06. The van der Waals surface area contributed by atoms with Gasteiger partial charge >= 0.3 is 0 Å². The van der Waals surface area contributed by atoms with E-state index in [1.165, 1.54) is 5.56 Å². The Bertz CT molecular complexity index is 1030. The molecule has 26 heavy (non-hydrogen) atoms. The summed E-state index contributed by atoms with van der Waals surface area (Å²) in [5.41, 5.74) is 4.26. The smallest absolute Gasteiger partial charge is 0.130 e. The molecule has 0 aliphatic rings. The highest BCUT2D eigenvalue weighted by Gasteiger charge is 2.06. The zero-order valence-electron chi connectivity index (χ0n) is 14.2. The maximum atomic E-state index is 6.08. The molecule has 0 saturated heterocycles. The summed E-state index contributed by atoms with van der Waals surface area (Å²) in [4.78, 5) is 4.67. The molecule has 4 aromatic rings. The first kappa shape index (κ1) is 16.6. The molecule has 2 nitrogen and oxygen atoms in total. The summed E-state index contributed by atoms with van der Waals surface area (Å²) in [6.45, 7) is 0.447. The molecular weight excluding hydrogens is 342 g/mol. The molecule has 0 bridgehead atoms.